The minimum Gasteiger partial charge on any atom is -0.493 e. The number of anilines is 1. The lowest BCUT2D eigenvalue weighted by Gasteiger charge is -2.14. The number of rotatable bonds is 10. The number of halogens is 1. The molecule has 0 radical (unpaired) electrons. The van der Waals surface area contributed by atoms with Crippen LogP contribution in [0.4, 0.5) is 5.69 Å². The van der Waals surface area contributed by atoms with Crippen molar-refractivity contribution in [2.45, 2.75) is 37.5 Å². The molecular formula is C21H26BrN5O4S2. The minimum absolute atomic E-state index is 0.0358. The summed E-state index contributed by atoms with van der Waals surface area (Å²) in [4.78, 5) is 12.7. The van der Waals surface area contributed by atoms with E-state index in [0.717, 1.165) is 30.2 Å². The van der Waals surface area contributed by atoms with Crippen LogP contribution in [-0.2, 0) is 10.0 Å². The van der Waals surface area contributed by atoms with Gasteiger partial charge in [0.05, 0.1) is 17.1 Å². The average molecular weight is 557 g/mol. The molecule has 2 aromatic rings. The van der Waals surface area contributed by atoms with E-state index in [0.29, 0.717) is 23.6 Å². The zero-order valence-corrected chi connectivity index (χ0v) is 21.2. The largest absolute Gasteiger partial charge is 0.493 e. The Bertz CT molecular complexity index is 1120. The molecule has 0 saturated carbocycles. The lowest BCUT2D eigenvalue weighted by atomic mass is 10.2. The predicted octanol–water partition coefficient (Wildman–Crippen LogP) is 3.50. The van der Waals surface area contributed by atoms with Crippen LogP contribution in [0.2, 0.25) is 0 Å². The molecule has 0 spiro atoms. The number of hydrogen-bond acceptors (Lipinski definition) is 5. The summed E-state index contributed by atoms with van der Waals surface area (Å²) in [6, 6.07) is 10.7. The highest BCUT2D eigenvalue weighted by Crippen LogP contribution is 2.24. The molecule has 0 unspecified atom stereocenters. The lowest BCUT2D eigenvalue weighted by Crippen LogP contribution is -2.34. The average Bonchev–Trinajstić information content (AvgIpc) is 2.73. The molecule has 6 N–H and O–H groups in total. The van der Waals surface area contributed by atoms with E-state index in [2.05, 4.69) is 37.9 Å². The van der Waals surface area contributed by atoms with Crippen molar-refractivity contribution in [3.05, 3.63) is 52.5 Å². The summed E-state index contributed by atoms with van der Waals surface area (Å²) in [6.07, 6.45) is 4.23. The molecule has 0 aliphatic rings. The molecule has 0 aromatic heterocycles. The lowest BCUT2D eigenvalue weighted by molar-refractivity contribution is 0.0973. The Morgan fingerprint density at radius 3 is 2.45 bits per heavy atom. The zero-order chi connectivity index (χ0) is 24.4. The van der Waals surface area contributed by atoms with Crippen LogP contribution in [0.5, 0.6) is 5.75 Å². The molecule has 2 aromatic carbocycles. The summed E-state index contributed by atoms with van der Waals surface area (Å²) >= 11 is 8.58. The second-order valence-electron chi connectivity index (χ2n) is 6.97. The number of nitrogens with two attached hydrogens (primary N) is 2. The molecule has 0 saturated heterocycles. The number of benzene rings is 2. The highest BCUT2D eigenvalue weighted by molar-refractivity contribution is 9.10. The third-order valence-corrected chi connectivity index (χ3v) is 6.32. The van der Waals surface area contributed by atoms with Gasteiger partial charge >= 0.3 is 0 Å². The highest BCUT2D eigenvalue weighted by atomic mass is 79.9. The number of thiocarbonyl (C=S) groups is 1. The standard InChI is InChI=1S/C21H26BrN5O4S2/c1-2-3-4-5-12-31-18-11-6-14(22)13-17(18)19(28)26-21(32)25-15-7-9-16(10-8-15)33(29,30)27-20(23)24/h6-11,13H,2-5,12H2,1H3,(H4,23,24,27)(H2,25,26,28,32). The van der Waals surface area contributed by atoms with Crippen molar-refractivity contribution in [2.24, 2.45) is 15.9 Å². The van der Waals surface area contributed by atoms with Crippen LogP contribution < -0.4 is 26.8 Å². The second-order valence-corrected chi connectivity index (χ2v) is 9.90. The van der Waals surface area contributed by atoms with Crippen LogP contribution >= 0.6 is 28.1 Å². The summed E-state index contributed by atoms with van der Waals surface area (Å²) in [7, 11) is -3.99. The third-order valence-electron chi connectivity index (χ3n) is 4.30. The number of nitrogens with one attached hydrogen (secondary N) is 2. The van der Waals surface area contributed by atoms with Gasteiger partial charge in [0.2, 0.25) is 5.96 Å². The van der Waals surface area contributed by atoms with Crippen LogP contribution in [0.3, 0.4) is 0 Å². The van der Waals surface area contributed by atoms with Gasteiger partial charge in [-0.1, -0.05) is 42.1 Å². The Kier molecular flexibility index (Phi) is 10.1. The predicted molar refractivity (Wildman–Crippen MR) is 137 cm³/mol. The number of carbonyl (C=O) groups is 1. The van der Waals surface area contributed by atoms with Crippen molar-refractivity contribution in [2.75, 3.05) is 11.9 Å². The normalized spacial score (nSPS) is 10.8. The zero-order valence-electron chi connectivity index (χ0n) is 18.0. The molecule has 12 heteroatoms. The maximum Gasteiger partial charge on any atom is 0.285 e. The quantitative estimate of drug-likeness (QED) is 0.150. The van der Waals surface area contributed by atoms with E-state index in [4.69, 9.17) is 28.4 Å². The fraction of sp³-hybridized carbons (Fsp3) is 0.286. The number of unbranched alkanes of at least 4 members (excludes halogenated alkanes) is 3. The SMILES string of the molecule is CCCCCCOc1ccc(Br)cc1C(=O)NC(=S)Nc1ccc(S(=O)(=O)N=C(N)N)cc1. The van der Waals surface area contributed by atoms with Crippen molar-refractivity contribution in [1.82, 2.24) is 5.32 Å². The fourth-order valence-corrected chi connectivity index (χ4v) is 4.19. The number of nitrogens with zero attached hydrogens (tertiary/aromatic N) is 1. The van der Waals surface area contributed by atoms with E-state index in [-0.39, 0.29) is 10.0 Å². The first-order chi connectivity index (χ1) is 15.6. The van der Waals surface area contributed by atoms with Gasteiger partial charge in [-0.15, -0.1) is 4.40 Å². The van der Waals surface area contributed by atoms with Crippen molar-refractivity contribution in [3.8, 4) is 5.75 Å². The molecule has 178 valence electrons. The number of hydrogen-bond donors (Lipinski definition) is 4. The maximum atomic E-state index is 12.8. The molecule has 1 amide bonds. The van der Waals surface area contributed by atoms with Gasteiger partial charge < -0.3 is 21.5 Å². The van der Waals surface area contributed by atoms with Crippen LogP contribution in [0.1, 0.15) is 43.0 Å². The summed E-state index contributed by atoms with van der Waals surface area (Å²) in [6.45, 7) is 2.65. The Morgan fingerprint density at radius 2 is 1.82 bits per heavy atom. The number of guanidine groups is 1. The highest BCUT2D eigenvalue weighted by Gasteiger charge is 2.16. The molecule has 0 aliphatic heterocycles. The van der Waals surface area contributed by atoms with Crippen LogP contribution in [0.15, 0.2) is 56.2 Å². The molecule has 0 heterocycles. The summed E-state index contributed by atoms with van der Waals surface area (Å²) in [5.74, 6) is -0.536. The Morgan fingerprint density at radius 1 is 1.12 bits per heavy atom. The first kappa shape index (κ1) is 26.6. The Balaban J connectivity index is 2.02. The van der Waals surface area contributed by atoms with Crippen molar-refractivity contribution in [3.63, 3.8) is 0 Å². The smallest absolute Gasteiger partial charge is 0.285 e. The minimum atomic E-state index is -3.99. The van der Waals surface area contributed by atoms with Gasteiger partial charge in [-0.05, 0) is 61.1 Å². The van der Waals surface area contributed by atoms with Crippen molar-refractivity contribution in [1.29, 1.82) is 0 Å². The topological polar surface area (TPSA) is 149 Å². The van der Waals surface area contributed by atoms with Gasteiger partial charge in [-0.3, -0.25) is 10.1 Å². The van der Waals surface area contributed by atoms with Crippen LogP contribution in [0, 0.1) is 0 Å². The number of ether oxygens (including phenoxy) is 1. The first-order valence-corrected chi connectivity index (χ1v) is 12.8. The van der Waals surface area contributed by atoms with Gasteiger partial charge in [0.25, 0.3) is 15.9 Å². The second kappa shape index (κ2) is 12.5. The fourth-order valence-electron chi connectivity index (χ4n) is 2.75. The first-order valence-electron chi connectivity index (χ1n) is 10.1. The van der Waals surface area contributed by atoms with E-state index in [1.165, 1.54) is 24.3 Å². The van der Waals surface area contributed by atoms with E-state index < -0.39 is 21.9 Å². The molecule has 2 rings (SSSR count). The van der Waals surface area contributed by atoms with Gasteiger partial charge in [0, 0.05) is 10.2 Å². The molecule has 9 nitrogen and oxygen atoms in total. The van der Waals surface area contributed by atoms with Gasteiger partial charge in [0.15, 0.2) is 5.11 Å². The molecule has 33 heavy (non-hydrogen) atoms. The van der Waals surface area contributed by atoms with Gasteiger partial charge in [-0.2, -0.15) is 8.42 Å². The van der Waals surface area contributed by atoms with E-state index in [1.54, 1.807) is 18.2 Å². The molecule has 0 atom stereocenters. The number of amides is 1. The van der Waals surface area contributed by atoms with Crippen LogP contribution in [0.25, 0.3) is 0 Å². The van der Waals surface area contributed by atoms with E-state index >= 15 is 0 Å². The molecule has 0 aliphatic carbocycles. The summed E-state index contributed by atoms with van der Waals surface area (Å²) in [5.41, 5.74) is 11.1. The summed E-state index contributed by atoms with van der Waals surface area (Å²) in [5, 5.41) is 5.47. The van der Waals surface area contributed by atoms with Gasteiger partial charge in [-0.25, -0.2) is 0 Å². The van der Waals surface area contributed by atoms with E-state index in [9.17, 15) is 13.2 Å². The van der Waals surface area contributed by atoms with Crippen molar-refractivity contribution < 1.29 is 17.9 Å². The van der Waals surface area contributed by atoms with Gasteiger partial charge in [0.1, 0.15) is 5.75 Å². The molecule has 0 fully saturated rings. The maximum absolute atomic E-state index is 12.8. The monoisotopic (exact) mass is 555 g/mol. The van der Waals surface area contributed by atoms with Crippen LogP contribution in [-0.4, -0.2) is 32.0 Å². The molecular weight excluding hydrogens is 530 g/mol. The molecule has 0 bridgehead atoms. The Labute approximate surface area is 207 Å². The number of sulfonamides is 1. The van der Waals surface area contributed by atoms with Crippen molar-refractivity contribution >= 4 is 60.8 Å². The number of carbonyl (C=O) groups excluding carboxylic acids is 1. The Hall–Kier alpha value is -2.70. The van der Waals surface area contributed by atoms with E-state index in [1.807, 2.05) is 0 Å². The third kappa shape index (κ3) is 8.63. The summed E-state index contributed by atoms with van der Waals surface area (Å²) < 4.78 is 33.7.